The van der Waals surface area contributed by atoms with Crippen molar-refractivity contribution in [3.05, 3.63) is 54.1 Å². The molecule has 2 aliphatic rings. The lowest BCUT2D eigenvalue weighted by atomic mass is 9.71. The number of aromatic nitrogens is 1. The molecule has 0 radical (unpaired) electrons. The Morgan fingerprint density at radius 3 is 2.42 bits per heavy atom. The van der Waals surface area contributed by atoms with E-state index in [1.807, 2.05) is 0 Å². The zero-order valence-corrected chi connectivity index (χ0v) is 20.8. The summed E-state index contributed by atoms with van der Waals surface area (Å²) in [7, 11) is 0. The fourth-order valence-corrected chi connectivity index (χ4v) is 4.89. The summed E-state index contributed by atoms with van der Waals surface area (Å²) in [6.45, 7) is 3.82. The molecule has 1 aliphatic heterocycles. The van der Waals surface area contributed by atoms with Gasteiger partial charge in [0.15, 0.2) is 12.0 Å². The van der Waals surface area contributed by atoms with Gasteiger partial charge in [-0.05, 0) is 50.1 Å². The highest BCUT2D eigenvalue weighted by molar-refractivity contribution is 5.94. The van der Waals surface area contributed by atoms with E-state index in [9.17, 15) is 31.5 Å². The smallest absolute Gasteiger partial charge is 0.406 e. The number of nitrogens with zero attached hydrogens (tertiary/aromatic N) is 2. The number of hydrogen-bond acceptors (Lipinski definition) is 6. The third-order valence-corrected chi connectivity index (χ3v) is 7.30. The van der Waals surface area contributed by atoms with E-state index in [-0.39, 0.29) is 23.8 Å². The lowest BCUT2D eigenvalue weighted by Crippen LogP contribution is -2.61. The summed E-state index contributed by atoms with van der Waals surface area (Å²) in [5.74, 6) is -3.82. The molecule has 1 amide bonds. The number of nitrogens with one attached hydrogen (secondary N) is 1. The van der Waals surface area contributed by atoms with Crippen molar-refractivity contribution in [1.82, 2.24) is 10.3 Å². The number of carbonyl (C=O) groups excluding carboxylic acids is 2. The van der Waals surface area contributed by atoms with E-state index in [1.54, 1.807) is 6.92 Å². The number of ketones is 1. The number of hydrogen-bond donors (Lipinski definition) is 1. The van der Waals surface area contributed by atoms with Crippen LogP contribution in [0.25, 0.3) is 0 Å². The second-order valence-corrected chi connectivity index (χ2v) is 9.75. The minimum atomic E-state index is -4.91. The molecule has 1 saturated carbocycles. The van der Waals surface area contributed by atoms with Crippen LogP contribution in [-0.2, 0) is 19.9 Å². The van der Waals surface area contributed by atoms with Crippen LogP contribution in [0.3, 0.4) is 0 Å². The van der Waals surface area contributed by atoms with Gasteiger partial charge in [0.05, 0.1) is 6.20 Å². The van der Waals surface area contributed by atoms with Gasteiger partial charge in [-0.1, -0.05) is 6.92 Å². The second kappa shape index (κ2) is 10.8. The molecule has 0 bridgehead atoms. The van der Waals surface area contributed by atoms with Gasteiger partial charge in [0, 0.05) is 55.1 Å². The first-order valence-electron chi connectivity index (χ1n) is 12.2. The number of rotatable bonds is 8. The van der Waals surface area contributed by atoms with E-state index in [0.29, 0.717) is 26.1 Å². The Balaban J connectivity index is 1.78. The number of pyridine rings is 1. The molecule has 1 N–H and O–H groups in total. The summed E-state index contributed by atoms with van der Waals surface area (Å²) in [5.41, 5.74) is -1.29. The van der Waals surface area contributed by atoms with Crippen LogP contribution < -0.4 is 15.0 Å². The predicted molar refractivity (Wildman–Crippen MR) is 127 cm³/mol. The van der Waals surface area contributed by atoms with Crippen LogP contribution in [0.15, 0.2) is 42.7 Å². The summed E-state index contributed by atoms with van der Waals surface area (Å²) >= 11 is 0. The molecule has 1 aliphatic carbocycles. The number of ether oxygens (including phenoxy) is 2. The third-order valence-electron chi connectivity index (χ3n) is 7.30. The second-order valence-electron chi connectivity index (χ2n) is 9.75. The normalized spacial score (nSPS) is 23.8. The number of benzene rings is 1. The van der Waals surface area contributed by atoms with E-state index >= 15 is 0 Å². The average Bonchev–Trinajstić information content (AvgIpc) is 2.88. The van der Waals surface area contributed by atoms with Crippen molar-refractivity contribution in [1.29, 1.82) is 0 Å². The molecule has 1 aromatic carbocycles. The number of alkyl halides is 4. The standard InChI is InChI=1S/C26H28F5N3O4/c1-15-21(23(35)22(15)28)14-34(19-3-5-20(6-4-19)38-26(29,30)31)25(2,16-11-17(27)13-32-12-16)24(36)33-18-7-9-37-10-8-18/h3-6,11-13,15,18,21-22H,7-10,14H2,1-2H3,(H,33,36)/t15-,21+,22+,25?/m0/s1. The van der Waals surface area contributed by atoms with Gasteiger partial charge >= 0.3 is 6.36 Å². The maximum absolute atomic E-state index is 14.4. The maximum Gasteiger partial charge on any atom is 0.573 e. The van der Waals surface area contributed by atoms with Gasteiger partial charge in [0.2, 0.25) is 0 Å². The predicted octanol–water partition coefficient (Wildman–Crippen LogP) is 4.31. The molecule has 1 unspecified atom stereocenters. The molecule has 206 valence electrons. The van der Waals surface area contributed by atoms with Crippen LogP contribution in [0.5, 0.6) is 5.75 Å². The molecule has 7 nitrogen and oxygen atoms in total. The summed E-state index contributed by atoms with van der Waals surface area (Å²) in [6, 6.07) is 5.64. The molecule has 12 heteroatoms. The van der Waals surface area contributed by atoms with Gasteiger partial charge in [-0.3, -0.25) is 14.6 Å². The van der Waals surface area contributed by atoms with Crippen molar-refractivity contribution < 1.29 is 41.0 Å². The van der Waals surface area contributed by atoms with Crippen molar-refractivity contribution in [2.24, 2.45) is 11.8 Å². The molecule has 0 spiro atoms. The first kappa shape index (κ1) is 27.7. The summed E-state index contributed by atoms with van der Waals surface area (Å²) in [5, 5.41) is 2.97. The molecular formula is C26H28F5N3O4. The number of amides is 1. The van der Waals surface area contributed by atoms with Crippen molar-refractivity contribution in [2.75, 3.05) is 24.7 Å². The molecule has 1 aromatic heterocycles. The summed E-state index contributed by atoms with van der Waals surface area (Å²) < 4.78 is 75.9. The minimum absolute atomic E-state index is 0.145. The van der Waals surface area contributed by atoms with Crippen LogP contribution in [0, 0.1) is 17.7 Å². The first-order chi connectivity index (χ1) is 17.9. The van der Waals surface area contributed by atoms with Gasteiger partial charge in [-0.15, -0.1) is 13.2 Å². The Morgan fingerprint density at radius 2 is 1.84 bits per heavy atom. The molecule has 2 heterocycles. The Hall–Kier alpha value is -3.28. The Morgan fingerprint density at radius 1 is 1.18 bits per heavy atom. The van der Waals surface area contributed by atoms with Crippen LogP contribution in [0.4, 0.5) is 27.6 Å². The quantitative estimate of drug-likeness (QED) is 0.502. The molecule has 1 saturated heterocycles. The van der Waals surface area contributed by atoms with Crippen molar-refractivity contribution >= 4 is 17.4 Å². The Labute approximate surface area is 216 Å². The highest BCUT2D eigenvalue weighted by Crippen LogP contribution is 2.41. The molecular weight excluding hydrogens is 513 g/mol. The van der Waals surface area contributed by atoms with Crippen LogP contribution in [0.1, 0.15) is 32.3 Å². The van der Waals surface area contributed by atoms with E-state index in [1.165, 1.54) is 30.2 Å². The van der Waals surface area contributed by atoms with Gasteiger partial charge in [-0.2, -0.15) is 0 Å². The average molecular weight is 542 g/mol. The number of halogens is 5. The van der Waals surface area contributed by atoms with Gasteiger partial charge < -0.3 is 19.7 Å². The topological polar surface area (TPSA) is 80.8 Å². The Bertz CT molecular complexity index is 1160. The van der Waals surface area contributed by atoms with Crippen molar-refractivity contribution in [2.45, 2.75) is 50.8 Å². The Kier molecular flexibility index (Phi) is 7.91. The largest absolute Gasteiger partial charge is 0.573 e. The molecule has 2 fully saturated rings. The lowest BCUT2D eigenvalue weighted by Gasteiger charge is -2.47. The molecule has 38 heavy (non-hydrogen) atoms. The maximum atomic E-state index is 14.4. The van der Waals surface area contributed by atoms with E-state index in [2.05, 4.69) is 15.0 Å². The minimum Gasteiger partial charge on any atom is -0.406 e. The zero-order chi connectivity index (χ0) is 27.7. The third kappa shape index (κ3) is 5.74. The fourth-order valence-electron chi connectivity index (χ4n) is 4.89. The van der Waals surface area contributed by atoms with Gasteiger partial charge in [0.25, 0.3) is 5.91 Å². The van der Waals surface area contributed by atoms with Crippen LogP contribution in [0.2, 0.25) is 0 Å². The van der Waals surface area contributed by atoms with Crippen LogP contribution in [-0.4, -0.2) is 55.0 Å². The van der Waals surface area contributed by atoms with E-state index in [4.69, 9.17) is 4.74 Å². The van der Waals surface area contributed by atoms with Gasteiger partial charge in [0.1, 0.15) is 17.1 Å². The highest BCUT2D eigenvalue weighted by atomic mass is 19.4. The van der Waals surface area contributed by atoms with Crippen molar-refractivity contribution in [3.8, 4) is 5.75 Å². The molecule has 4 atom stereocenters. The summed E-state index contributed by atoms with van der Waals surface area (Å²) in [6.07, 6.45) is -3.18. The first-order valence-corrected chi connectivity index (χ1v) is 12.2. The van der Waals surface area contributed by atoms with E-state index < -0.39 is 53.2 Å². The number of anilines is 1. The highest BCUT2D eigenvalue weighted by Gasteiger charge is 2.51. The van der Waals surface area contributed by atoms with Crippen molar-refractivity contribution in [3.63, 3.8) is 0 Å². The molecule has 4 rings (SSSR count). The lowest BCUT2D eigenvalue weighted by molar-refractivity contribution is -0.274. The molecule has 2 aromatic rings. The van der Waals surface area contributed by atoms with Gasteiger partial charge in [-0.25, -0.2) is 8.78 Å². The summed E-state index contributed by atoms with van der Waals surface area (Å²) in [4.78, 5) is 31.8. The monoisotopic (exact) mass is 541 g/mol. The van der Waals surface area contributed by atoms with Crippen LogP contribution >= 0.6 is 0 Å². The fraction of sp³-hybridized carbons (Fsp3) is 0.500. The number of carbonyl (C=O) groups is 2. The van der Waals surface area contributed by atoms with E-state index in [0.717, 1.165) is 24.4 Å². The zero-order valence-electron chi connectivity index (χ0n) is 20.8. The SMILES string of the molecule is C[C@@H]1[C@@H](F)C(=O)[C@@H]1CN(c1ccc(OC(F)(F)F)cc1)C(C)(C(=O)NC1CCOCC1)c1cncc(F)c1. The number of Topliss-reactive ketones (excluding diaryl/α,β-unsaturated/α-hetero) is 1.